The lowest BCUT2D eigenvalue weighted by Gasteiger charge is -2.05. The average Bonchev–Trinajstić information content (AvgIpc) is 3.24. The molecule has 4 aromatic rings. The summed E-state index contributed by atoms with van der Waals surface area (Å²) in [4.78, 5) is 12.5. The summed E-state index contributed by atoms with van der Waals surface area (Å²) in [5.74, 6) is 0.309. The lowest BCUT2D eigenvalue weighted by molar-refractivity contribution is -0.679. The number of hydrogen-bond acceptors (Lipinski definition) is 3. The standard InChI is InChI=1S/C24H21N3O2/c1-17-8-10-19(11-9-17)23-15-22(26-29-23)24(28)25-16-21-14-20(12-13-27(21)2)18-6-4-3-5-7-18/h3-15H,16H2,1-2H3/p+1. The molecule has 5 nitrogen and oxygen atoms in total. The fraction of sp³-hybridized carbons (Fsp3) is 0.125. The van der Waals surface area contributed by atoms with E-state index in [9.17, 15) is 4.79 Å². The summed E-state index contributed by atoms with van der Waals surface area (Å²) in [6.45, 7) is 2.42. The first-order valence-corrected chi connectivity index (χ1v) is 9.46. The van der Waals surface area contributed by atoms with Gasteiger partial charge in [0.15, 0.2) is 17.7 Å². The van der Waals surface area contributed by atoms with Crippen LogP contribution in [0.25, 0.3) is 22.5 Å². The van der Waals surface area contributed by atoms with Crippen molar-refractivity contribution < 1.29 is 13.9 Å². The first-order valence-electron chi connectivity index (χ1n) is 9.46. The molecule has 1 amide bonds. The van der Waals surface area contributed by atoms with Crippen molar-refractivity contribution >= 4 is 5.91 Å². The Balaban J connectivity index is 1.47. The van der Waals surface area contributed by atoms with Gasteiger partial charge in [0.2, 0.25) is 5.69 Å². The van der Waals surface area contributed by atoms with Crippen LogP contribution in [0.4, 0.5) is 0 Å². The number of aryl methyl sites for hydroxylation is 2. The molecule has 0 radical (unpaired) electrons. The Bertz CT molecular complexity index is 1130. The summed E-state index contributed by atoms with van der Waals surface area (Å²) in [5, 5.41) is 6.85. The summed E-state index contributed by atoms with van der Waals surface area (Å²) in [6.07, 6.45) is 2.00. The number of nitrogens with one attached hydrogen (secondary N) is 1. The van der Waals surface area contributed by atoms with Crippen molar-refractivity contribution in [1.29, 1.82) is 0 Å². The number of benzene rings is 2. The van der Waals surface area contributed by atoms with Crippen molar-refractivity contribution in [2.45, 2.75) is 13.5 Å². The first-order chi connectivity index (χ1) is 14.1. The van der Waals surface area contributed by atoms with Crippen molar-refractivity contribution in [2.75, 3.05) is 0 Å². The number of rotatable bonds is 5. The van der Waals surface area contributed by atoms with Gasteiger partial charge in [-0.2, -0.15) is 0 Å². The average molecular weight is 384 g/mol. The highest BCUT2D eigenvalue weighted by molar-refractivity contribution is 5.93. The molecule has 0 unspecified atom stereocenters. The van der Waals surface area contributed by atoms with Crippen molar-refractivity contribution in [2.24, 2.45) is 7.05 Å². The second kappa shape index (κ2) is 8.10. The van der Waals surface area contributed by atoms with Crippen LogP contribution in [0, 0.1) is 6.92 Å². The zero-order valence-electron chi connectivity index (χ0n) is 16.4. The smallest absolute Gasteiger partial charge is 0.273 e. The number of hydrogen-bond donors (Lipinski definition) is 1. The molecule has 0 atom stereocenters. The highest BCUT2D eigenvalue weighted by Gasteiger charge is 2.16. The van der Waals surface area contributed by atoms with Crippen molar-refractivity contribution in [3.8, 4) is 22.5 Å². The largest absolute Gasteiger partial charge is 0.355 e. The van der Waals surface area contributed by atoms with Gasteiger partial charge in [-0.1, -0.05) is 65.3 Å². The van der Waals surface area contributed by atoms with Gasteiger partial charge < -0.3 is 9.84 Å². The van der Waals surface area contributed by atoms with Gasteiger partial charge in [0, 0.05) is 23.8 Å². The van der Waals surface area contributed by atoms with Gasteiger partial charge in [-0.05, 0) is 18.1 Å². The zero-order valence-corrected chi connectivity index (χ0v) is 16.4. The van der Waals surface area contributed by atoms with E-state index in [-0.39, 0.29) is 11.6 Å². The van der Waals surface area contributed by atoms with Crippen LogP contribution in [-0.2, 0) is 13.6 Å². The molecule has 0 aliphatic heterocycles. The van der Waals surface area contributed by atoms with Crippen molar-refractivity contribution in [3.05, 3.63) is 95.9 Å². The van der Waals surface area contributed by atoms with Crippen LogP contribution in [-0.4, -0.2) is 11.1 Å². The molecule has 5 heteroatoms. The van der Waals surface area contributed by atoms with E-state index < -0.39 is 0 Å². The number of amides is 1. The van der Waals surface area contributed by atoms with Crippen LogP contribution in [0.1, 0.15) is 21.7 Å². The third-order valence-electron chi connectivity index (χ3n) is 4.87. The van der Waals surface area contributed by atoms with Gasteiger partial charge in [0.1, 0.15) is 13.6 Å². The third kappa shape index (κ3) is 4.24. The Morgan fingerprint density at radius 2 is 1.72 bits per heavy atom. The number of carbonyl (C=O) groups excluding carboxylic acids is 1. The van der Waals surface area contributed by atoms with Gasteiger partial charge in [-0.3, -0.25) is 4.79 Å². The molecule has 29 heavy (non-hydrogen) atoms. The number of nitrogens with zero attached hydrogens (tertiary/aromatic N) is 2. The SMILES string of the molecule is Cc1ccc(-c2cc(C(=O)NCc3cc(-c4ccccc4)cc[n+]3C)no2)cc1. The van der Waals surface area contributed by atoms with E-state index in [0.29, 0.717) is 12.3 Å². The minimum atomic E-state index is -0.266. The molecule has 0 saturated heterocycles. The predicted octanol–water partition coefficient (Wildman–Crippen LogP) is 4.07. The summed E-state index contributed by atoms with van der Waals surface area (Å²) in [6, 6.07) is 23.9. The van der Waals surface area contributed by atoms with E-state index in [2.05, 4.69) is 34.7 Å². The van der Waals surface area contributed by atoms with E-state index in [0.717, 1.165) is 27.9 Å². The topological polar surface area (TPSA) is 59.0 Å². The highest BCUT2D eigenvalue weighted by Crippen LogP contribution is 2.21. The predicted molar refractivity (Wildman–Crippen MR) is 111 cm³/mol. The van der Waals surface area contributed by atoms with E-state index in [1.165, 1.54) is 0 Å². The molecular formula is C24H22N3O2+. The van der Waals surface area contributed by atoms with Crippen molar-refractivity contribution in [1.82, 2.24) is 10.5 Å². The Hall–Kier alpha value is -3.73. The second-order valence-corrected chi connectivity index (χ2v) is 7.01. The second-order valence-electron chi connectivity index (χ2n) is 7.01. The maximum Gasteiger partial charge on any atom is 0.273 e. The number of carbonyl (C=O) groups is 1. The molecule has 0 spiro atoms. The third-order valence-corrected chi connectivity index (χ3v) is 4.87. The maximum absolute atomic E-state index is 12.5. The molecule has 2 aromatic carbocycles. The van der Waals surface area contributed by atoms with E-state index >= 15 is 0 Å². The Labute approximate surface area is 169 Å². The maximum atomic E-state index is 12.5. The molecular weight excluding hydrogens is 362 g/mol. The van der Waals surface area contributed by atoms with Crippen LogP contribution < -0.4 is 9.88 Å². The van der Waals surface area contributed by atoms with E-state index in [1.807, 2.05) is 67.2 Å². The molecule has 1 N–H and O–H groups in total. The molecule has 0 saturated carbocycles. The summed E-state index contributed by atoms with van der Waals surface area (Å²) >= 11 is 0. The van der Waals surface area contributed by atoms with Crippen LogP contribution in [0.15, 0.2) is 83.5 Å². The zero-order chi connectivity index (χ0) is 20.2. The Morgan fingerprint density at radius 3 is 2.48 bits per heavy atom. The van der Waals surface area contributed by atoms with Crippen molar-refractivity contribution in [3.63, 3.8) is 0 Å². The van der Waals surface area contributed by atoms with Crippen LogP contribution in [0.5, 0.6) is 0 Å². The molecule has 2 heterocycles. The molecule has 2 aromatic heterocycles. The van der Waals surface area contributed by atoms with Gasteiger partial charge >= 0.3 is 0 Å². The van der Waals surface area contributed by atoms with Gasteiger partial charge in [-0.25, -0.2) is 4.57 Å². The lowest BCUT2D eigenvalue weighted by Crippen LogP contribution is -2.37. The van der Waals surface area contributed by atoms with E-state index in [4.69, 9.17) is 4.52 Å². The molecule has 0 aliphatic rings. The van der Waals surface area contributed by atoms with Gasteiger partial charge in [-0.15, -0.1) is 0 Å². The van der Waals surface area contributed by atoms with Crippen LogP contribution in [0.2, 0.25) is 0 Å². The Morgan fingerprint density at radius 1 is 0.966 bits per heavy atom. The van der Waals surface area contributed by atoms with Crippen LogP contribution >= 0.6 is 0 Å². The minimum Gasteiger partial charge on any atom is -0.355 e. The summed E-state index contributed by atoms with van der Waals surface area (Å²) < 4.78 is 7.34. The number of aromatic nitrogens is 2. The first kappa shape index (κ1) is 18.6. The van der Waals surface area contributed by atoms with Gasteiger partial charge in [0.05, 0.1) is 0 Å². The molecule has 0 fully saturated rings. The fourth-order valence-corrected chi connectivity index (χ4v) is 3.10. The monoisotopic (exact) mass is 384 g/mol. The Kier molecular flexibility index (Phi) is 5.20. The molecule has 0 aliphatic carbocycles. The quantitative estimate of drug-likeness (QED) is 0.528. The van der Waals surface area contributed by atoms with Crippen LogP contribution in [0.3, 0.4) is 0 Å². The lowest BCUT2D eigenvalue weighted by atomic mass is 10.1. The highest BCUT2D eigenvalue weighted by atomic mass is 16.5. The van der Waals surface area contributed by atoms with E-state index in [1.54, 1.807) is 6.07 Å². The number of pyridine rings is 1. The molecule has 4 rings (SSSR count). The fourth-order valence-electron chi connectivity index (χ4n) is 3.10. The van der Waals surface area contributed by atoms with Gasteiger partial charge in [0.25, 0.3) is 5.91 Å². The molecule has 0 bridgehead atoms. The summed E-state index contributed by atoms with van der Waals surface area (Å²) in [5.41, 5.74) is 5.56. The normalized spacial score (nSPS) is 10.7. The minimum absolute atomic E-state index is 0.266. The molecule has 144 valence electrons. The summed E-state index contributed by atoms with van der Waals surface area (Å²) in [7, 11) is 1.96.